The van der Waals surface area contributed by atoms with Gasteiger partial charge in [-0.2, -0.15) is 4.98 Å². The summed E-state index contributed by atoms with van der Waals surface area (Å²) in [6, 6.07) is 16.6. The van der Waals surface area contributed by atoms with Gasteiger partial charge in [-0.25, -0.2) is 13.4 Å². The number of hydrogen-bond donors (Lipinski definition) is 2. The molecule has 6 nitrogen and oxygen atoms in total. The van der Waals surface area contributed by atoms with Gasteiger partial charge in [-0.05, 0) is 37.3 Å². The van der Waals surface area contributed by atoms with E-state index in [0.717, 1.165) is 5.69 Å². The number of nitrogens with two attached hydrogens (primary N) is 1. The van der Waals surface area contributed by atoms with Crippen LogP contribution in [0.1, 0.15) is 5.69 Å². The van der Waals surface area contributed by atoms with Crippen molar-refractivity contribution in [2.75, 3.05) is 11.1 Å². The fourth-order valence-corrected chi connectivity index (χ4v) is 3.61. The van der Waals surface area contributed by atoms with Crippen molar-refractivity contribution >= 4 is 27.3 Å². The number of nitrogens with one attached hydrogen (secondary N) is 1. The average Bonchev–Trinajstić information content (AvgIpc) is 2.55. The third-order valence-electron chi connectivity index (χ3n) is 3.34. The van der Waals surface area contributed by atoms with E-state index >= 15 is 0 Å². The van der Waals surface area contributed by atoms with E-state index in [1.165, 1.54) is 0 Å². The van der Waals surface area contributed by atoms with Crippen LogP contribution in [0.5, 0.6) is 0 Å². The van der Waals surface area contributed by atoms with Crippen LogP contribution >= 0.6 is 0 Å². The van der Waals surface area contributed by atoms with E-state index in [2.05, 4.69) is 15.3 Å². The molecule has 0 aliphatic rings. The van der Waals surface area contributed by atoms with Crippen molar-refractivity contribution in [3.8, 4) is 0 Å². The van der Waals surface area contributed by atoms with Gasteiger partial charge in [0.05, 0.1) is 9.79 Å². The molecule has 0 atom stereocenters. The van der Waals surface area contributed by atoms with Crippen LogP contribution in [0, 0.1) is 6.92 Å². The Bertz CT molecular complexity index is 953. The molecule has 0 saturated heterocycles. The molecule has 0 saturated carbocycles. The molecule has 3 aromatic rings. The second-order valence-corrected chi connectivity index (χ2v) is 7.17. The Kier molecular flexibility index (Phi) is 4.18. The van der Waals surface area contributed by atoms with Crippen molar-refractivity contribution < 1.29 is 8.42 Å². The molecular formula is C17H16N4O2S. The molecule has 3 N–H and O–H groups in total. The van der Waals surface area contributed by atoms with E-state index in [4.69, 9.17) is 5.73 Å². The molecule has 2 aromatic carbocycles. The van der Waals surface area contributed by atoms with Crippen molar-refractivity contribution in [1.29, 1.82) is 0 Å². The highest BCUT2D eigenvalue weighted by atomic mass is 32.2. The Morgan fingerprint density at radius 2 is 1.62 bits per heavy atom. The molecule has 1 heterocycles. The zero-order valence-electron chi connectivity index (χ0n) is 13.0. The summed E-state index contributed by atoms with van der Waals surface area (Å²) in [5, 5.41) is 3.05. The molecule has 24 heavy (non-hydrogen) atoms. The maximum Gasteiger partial charge on any atom is 0.222 e. The summed E-state index contributed by atoms with van der Waals surface area (Å²) in [5.74, 6) is 0.667. The first-order valence-corrected chi connectivity index (χ1v) is 8.72. The van der Waals surface area contributed by atoms with Crippen LogP contribution in [0.15, 0.2) is 70.5 Å². The Morgan fingerprint density at radius 1 is 0.917 bits per heavy atom. The van der Waals surface area contributed by atoms with Gasteiger partial charge >= 0.3 is 0 Å². The molecule has 0 radical (unpaired) electrons. The minimum Gasteiger partial charge on any atom is -0.368 e. The molecule has 0 spiro atoms. The zero-order valence-corrected chi connectivity index (χ0v) is 13.8. The lowest BCUT2D eigenvalue weighted by Gasteiger charge is -2.09. The fourth-order valence-electron chi connectivity index (χ4n) is 2.28. The maximum atomic E-state index is 12.7. The lowest BCUT2D eigenvalue weighted by molar-refractivity contribution is 0.596. The predicted molar refractivity (Wildman–Crippen MR) is 92.8 cm³/mol. The number of nitrogen functional groups attached to an aromatic ring is 1. The third kappa shape index (κ3) is 3.36. The second-order valence-electron chi connectivity index (χ2n) is 5.22. The SMILES string of the molecule is Cc1cc(Nc2cccc(S(=O)(=O)c3ccccc3)c2)nc(N)n1. The van der Waals surface area contributed by atoms with Crippen LogP contribution < -0.4 is 11.1 Å². The molecule has 0 fully saturated rings. The lowest BCUT2D eigenvalue weighted by atomic mass is 10.3. The molecule has 0 bridgehead atoms. The summed E-state index contributed by atoms with van der Waals surface area (Å²) in [7, 11) is -3.57. The van der Waals surface area contributed by atoms with E-state index in [1.54, 1.807) is 67.6 Å². The summed E-state index contributed by atoms with van der Waals surface area (Å²) < 4.78 is 25.3. The second kappa shape index (κ2) is 6.29. The van der Waals surface area contributed by atoms with Crippen LogP contribution in [-0.2, 0) is 9.84 Å². The van der Waals surface area contributed by atoms with Crippen molar-refractivity contribution in [1.82, 2.24) is 9.97 Å². The highest BCUT2D eigenvalue weighted by molar-refractivity contribution is 7.91. The first-order valence-electron chi connectivity index (χ1n) is 7.23. The molecule has 0 aliphatic heterocycles. The highest BCUT2D eigenvalue weighted by Gasteiger charge is 2.17. The first kappa shape index (κ1) is 15.9. The van der Waals surface area contributed by atoms with Gasteiger partial charge in [-0.1, -0.05) is 24.3 Å². The van der Waals surface area contributed by atoms with Crippen molar-refractivity contribution in [3.05, 3.63) is 66.4 Å². The van der Waals surface area contributed by atoms with Gasteiger partial charge in [0.15, 0.2) is 0 Å². The average molecular weight is 340 g/mol. The smallest absolute Gasteiger partial charge is 0.222 e. The maximum absolute atomic E-state index is 12.7. The molecule has 1 aromatic heterocycles. The largest absolute Gasteiger partial charge is 0.368 e. The van der Waals surface area contributed by atoms with Gasteiger partial charge in [0.1, 0.15) is 5.82 Å². The van der Waals surface area contributed by atoms with Gasteiger partial charge in [-0.3, -0.25) is 0 Å². The predicted octanol–water partition coefficient (Wildman–Crippen LogP) is 2.94. The zero-order chi connectivity index (χ0) is 17.2. The molecule has 0 unspecified atom stereocenters. The van der Waals surface area contributed by atoms with Gasteiger partial charge in [-0.15, -0.1) is 0 Å². The van der Waals surface area contributed by atoms with Crippen LogP contribution in [0.3, 0.4) is 0 Å². The molecular weight excluding hydrogens is 324 g/mol. The number of aromatic nitrogens is 2. The monoisotopic (exact) mass is 340 g/mol. The Morgan fingerprint density at radius 3 is 2.33 bits per heavy atom. The number of benzene rings is 2. The summed E-state index contributed by atoms with van der Waals surface area (Å²) in [6.45, 7) is 1.81. The van der Waals surface area contributed by atoms with Crippen LogP contribution in [0.25, 0.3) is 0 Å². The van der Waals surface area contributed by atoms with Gasteiger partial charge in [0.25, 0.3) is 0 Å². The number of hydrogen-bond acceptors (Lipinski definition) is 6. The standard InChI is InChI=1S/C17H16N4O2S/c1-12-10-16(21-17(18)19-12)20-13-6-5-9-15(11-13)24(22,23)14-7-3-2-4-8-14/h2-11H,1H3,(H3,18,19,20,21). The summed E-state index contributed by atoms with van der Waals surface area (Å²) in [4.78, 5) is 8.55. The van der Waals surface area contributed by atoms with Crippen molar-refractivity contribution in [2.45, 2.75) is 16.7 Å². The lowest BCUT2D eigenvalue weighted by Crippen LogP contribution is -2.04. The van der Waals surface area contributed by atoms with Crippen molar-refractivity contribution in [2.24, 2.45) is 0 Å². The molecule has 3 rings (SSSR count). The van der Waals surface area contributed by atoms with Crippen LogP contribution in [0.2, 0.25) is 0 Å². The summed E-state index contributed by atoms with van der Waals surface area (Å²) in [6.07, 6.45) is 0. The molecule has 0 amide bonds. The van der Waals surface area contributed by atoms with E-state index in [1.807, 2.05) is 0 Å². The molecule has 7 heteroatoms. The molecule has 0 aliphatic carbocycles. The third-order valence-corrected chi connectivity index (χ3v) is 5.11. The van der Waals surface area contributed by atoms with Gasteiger partial charge in [0.2, 0.25) is 15.8 Å². The van der Waals surface area contributed by atoms with Gasteiger partial charge in [0, 0.05) is 17.4 Å². The van der Waals surface area contributed by atoms with E-state index in [-0.39, 0.29) is 15.7 Å². The minimum atomic E-state index is -3.57. The topological polar surface area (TPSA) is 98.0 Å². The minimum absolute atomic E-state index is 0.158. The summed E-state index contributed by atoms with van der Waals surface area (Å²) >= 11 is 0. The normalized spacial score (nSPS) is 11.2. The van der Waals surface area contributed by atoms with Crippen LogP contribution in [0.4, 0.5) is 17.5 Å². The number of rotatable bonds is 4. The van der Waals surface area contributed by atoms with Crippen molar-refractivity contribution in [3.63, 3.8) is 0 Å². The molecule has 122 valence electrons. The Balaban J connectivity index is 1.95. The first-order chi connectivity index (χ1) is 11.4. The van der Waals surface area contributed by atoms with E-state index in [9.17, 15) is 8.42 Å². The Labute approximate surface area is 140 Å². The number of anilines is 3. The number of nitrogens with zero attached hydrogens (tertiary/aromatic N) is 2. The van der Waals surface area contributed by atoms with E-state index < -0.39 is 9.84 Å². The van der Waals surface area contributed by atoms with Crippen LogP contribution in [-0.4, -0.2) is 18.4 Å². The summed E-state index contributed by atoms with van der Waals surface area (Å²) in [5.41, 5.74) is 6.95. The Hall–Kier alpha value is -2.93. The number of aryl methyl sites for hydroxylation is 1. The van der Waals surface area contributed by atoms with E-state index in [0.29, 0.717) is 11.5 Å². The fraction of sp³-hybridized carbons (Fsp3) is 0.0588. The quantitative estimate of drug-likeness (QED) is 0.758. The van der Waals surface area contributed by atoms with Gasteiger partial charge < -0.3 is 11.1 Å². The highest BCUT2D eigenvalue weighted by Crippen LogP contribution is 2.24. The number of sulfone groups is 1.